The highest BCUT2D eigenvalue weighted by atomic mass is 32.2. The third-order valence-corrected chi connectivity index (χ3v) is 8.05. The molecule has 35 heavy (non-hydrogen) atoms. The van der Waals surface area contributed by atoms with Crippen molar-refractivity contribution in [3.8, 4) is 0 Å². The van der Waals surface area contributed by atoms with Crippen LogP contribution in [0.15, 0.2) is 66.0 Å². The fourth-order valence-electron chi connectivity index (χ4n) is 4.09. The number of rotatable bonds is 10. The summed E-state index contributed by atoms with van der Waals surface area (Å²) in [6.45, 7) is 7.95. The molecule has 186 valence electrons. The predicted octanol–water partition coefficient (Wildman–Crippen LogP) is 4.71. The SMILES string of the molecule is Cc1ccccc1CS(=O)(=O)c1ncc(CN(CC(C)C)C(=S)NC2CC2)n1Cc1ccccc1. The number of sulfone groups is 1. The van der Waals surface area contributed by atoms with Crippen LogP contribution in [0.2, 0.25) is 0 Å². The van der Waals surface area contributed by atoms with Gasteiger partial charge in [-0.2, -0.15) is 0 Å². The normalized spacial score (nSPS) is 13.7. The van der Waals surface area contributed by atoms with Gasteiger partial charge in [0.2, 0.25) is 15.0 Å². The van der Waals surface area contributed by atoms with Crippen LogP contribution in [0.3, 0.4) is 0 Å². The number of nitrogens with one attached hydrogen (secondary N) is 1. The Balaban J connectivity index is 1.68. The predicted molar refractivity (Wildman–Crippen MR) is 144 cm³/mol. The average molecular weight is 511 g/mol. The standard InChI is InChI=1S/C27H34N4O2S2/c1-20(2)16-30(26(34)29-24-13-14-24)18-25-15-28-27(31(25)17-22-10-5-4-6-11-22)35(32,33)19-23-12-8-7-9-21(23)3/h4-12,15,20,24H,13-14,16-19H2,1-3H3,(H,29,34). The number of hydrogen-bond acceptors (Lipinski definition) is 4. The van der Waals surface area contributed by atoms with Crippen LogP contribution >= 0.6 is 12.2 Å². The lowest BCUT2D eigenvalue weighted by Crippen LogP contribution is -2.42. The van der Waals surface area contributed by atoms with Gasteiger partial charge in [0.15, 0.2) is 5.11 Å². The molecule has 8 heteroatoms. The van der Waals surface area contributed by atoms with Crippen LogP contribution in [0, 0.1) is 12.8 Å². The Morgan fingerprint density at radius 1 is 1.14 bits per heavy atom. The highest BCUT2D eigenvalue weighted by Gasteiger charge is 2.28. The van der Waals surface area contributed by atoms with E-state index in [1.165, 1.54) is 0 Å². The zero-order valence-electron chi connectivity index (χ0n) is 20.6. The van der Waals surface area contributed by atoms with Gasteiger partial charge in [0.1, 0.15) is 0 Å². The Labute approximate surface area is 214 Å². The van der Waals surface area contributed by atoms with E-state index < -0.39 is 9.84 Å². The molecule has 3 aromatic rings. The molecule has 1 aliphatic carbocycles. The smallest absolute Gasteiger partial charge is 0.228 e. The zero-order chi connectivity index (χ0) is 25.0. The van der Waals surface area contributed by atoms with Crippen LogP contribution < -0.4 is 5.32 Å². The summed E-state index contributed by atoms with van der Waals surface area (Å²) < 4.78 is 29.0. The molecule has 0 atom stereocenters. The second-order valence-electron chi connectivity index (χ2n) is 9.79. The van der Waals surface area contributed by atoms with Gasteiger partial charge in [-0.15, -0.1) is 0 Å². The monoisotopic (exact) mass is 510 g/mol. The third-order valence-electron chi connectivity index (χ3n) is 6.10. The van der Waals surface area contributed by atoms with E-state index in [0.717, 1.165) is 46.9 Å². The number of imidazole rings is 1. The first-order valence-electron chi connectivity index (χ1n) is 12.1. The van der Waals surface area contributed by atoms with Crippen molar-refractivity contribution in [2.24, 2.45) is 5.92 Å². The molecule has 1 fully saturated rings. The molecule has 0 unspecified atom stereocenters. The molecule has 0 amide bonds. The van der Waals surface area contributed by atoms with Gasteiger partial charge in [0, 0.05) is 12.6 Å². The summed E-state index contributed by atoms with van der Waals surface area (Å²) in [7, 11) is -3.67. The molecule has 1 aliphatic rings. The molecule has 0 saturated heterocycles. The van der Waals surface area contributed by atoms with Gasteiger partial charge in [0.05, 0.1) is 30.7 Å². The molecule has 1 saturated carbocycles. The molecular weight excluding hydrogens is 476 g/mol. The molecule has 4 rings (SSSR count). The Bertz CT molecular complexity index is 1270. The summed E-state index contributed by atoms with van der Waals surface area (Å²) in [6.07, 6.45) is 3.98. The van der Waals surface area contributed by atoms with E-state index in [1.54, 1.807) is 6.20 Å². The Morgan fingerprint density at radius 2 is 1.83 bits per heavy atom. The molecular formula is C27H34N4O2S2. The summed E-state index contributed by atoms with van der Waals surface area (Å²) in [5.74, 6) is 0.325. The summed E-state index contributed by atoms with van der Waals surface area (Å²) in [5.41, 5.74) is 3.60. The van der Waals surface area contributed by atoms with Crippen molar-refractivity contribution in [3.05, 3.63) is 83.2 Å². The zero-order valence-corrected chi connectivity index (χ0v) is 22.3. The number of hydrogen-bond donors (Lipinski definition) is 1. The van der Waals surface area contributed by atoms with Gasteiger partial charge in [0.25, 0.3) is 0 Å². The minimum Gasteiger partial charge on any atom is -0.360 e. The average Bonchev–Trinajstić information content (AvgIpc) is 3.54. The van der Waals surface area contributed by atoms with Crippen molar-refractivity contribution < 1.29 is 8.42 Å². The fourth-order valence-corrected chi connectivity index (χ4v) is 5.99. The molecule has 6 nitrogen and oxygen atoms in total. The van der Waals surface area contributed by atoms with Crippen molar-refractivity contribution >= 4 is 27.2 Å². The first-order chi connectivity index (χ1) is 16.7. The molecule has 0 aliphatic heterocycles. The minimum atomic E-state index is -3.67. The van der Waals surface area contributed by atoms with Crippen LogP contribution in [0.5, 0.6) is 0 Å². The van der Waals surface area contributed by atoms with E-state index >= 15 is 0 Å². The van der Waals surface area contributed by atoms with Crippen LogP contribution in [0.4, 0.5) is 0 Å². The van der Waals surface area contributed by atoms with Crippen LogP contribution in [0.25, 0.3) is 0 Å². The Morgan fingerprint density at radius 3 is 2.49 bits per heavy atom. The molecule has 0 bridgehead atoms. The summed E-state index contributed by atoms with van der Waals surface area (Å²) in [6, 6.07) is 17.9. The van der Waals surface area contributed by atoms with Crippen molar-refractivity contribution in [2.45, 2.75) is 63.7 Å². The molecule has 0 spiro atoms. The van der Waals surface area contributed by atoms with Gasteiger partial charge in [-0.05, 0) is 54.6 Å². The molecule has 1 aromatic heterocycles. The Kier molecular flexibility index (Phi) is 7.91. The number of benzene rings is 2. The largest absolute Gasteiger partial charge is 0.360 e. The highest BCUT2D eigenvalue weighted by Crippen LogP contribution is 2.23. The van der Waals surface area contributed by atoms with Gasteiger partial charge >= 0.3 is 0 Å². The second-order valence-corrected chi connectivity index (χ2v) is 12.1. The Hall–Kier alpha value is -2.71. The third kappa shape index (κ3) is 6.70. The number of aromatic nitrogens is 2. The van der Waals surface area contributed by atoms with E-state index in [4.69, 9.17) is 12.2 Å². The fraction of sp³-hybridized carbons (Fsp3) is 0.407. The first-order valence-corrected chi connectivity index (χ1v) is 14.2. The molecule has 1 N–H and O–H groups in total. The quantitative estimate of drug-likeness (QED) is 0.399. The summed E-state index contributed by atoms with van der Waals surface area (Å²) in [5, 5.41) is 4.26. The summed E-state index contributed by atoms with van der Waals surface area (Å²) >= 11 is 5.73. The van der Waals surface area contributed by atoms with Gasteiger partial charge < -0.3 is 14.8 Å². The van der Waals surface area contributed by atoms with Gasteiger partial charge in [-0.3, -0.25) is 0 Å². The van der Waals surface area contributed by atoms with Crippen molar-refractivity contribution in [2.75, 3.05) is 6.54 Å². The van der Waals surface area contributed by atoms with E-state index in [2.05, 4.69) is 29.0 Å². The topological polar surface area (TPSA) is 67.2 Å². The number of thiocarbonyl (C=S) groups is 1. The van der Waals surface area contributed by atoms with E-state index in [0.29, 0.717) is 25.0 Å². The second kappa shape index (κ2) is 10.9. The maximum Gasteiger partial charge on any atom is 0.228 e. The van der Waals surface area contributed by atoms with Crippen molar-refractivity contribution in [1.29, 1.82) is 0 Å². The lowest BCUT2D eigenvalue weighted by molar-refractivity contribution is 0.344. The number of nitrogens with zero attached hydrogens (tertiary/aromatic N) is 3. The maximum atomic E-state index is 13.6. The van der Waals surface area contributed by atoms with Gasteiger partial charge in [-0.1, -0.05) is 68.4 Å². The van der Waals surface area contributed by atoms with Crippen LogP contribution in [-0.4, -0.2) is 40.6 Å². The lowest BCUT2D eigenvalue weighted by atomic mass is 10.1. The maximum absolute atomic E-state index is 13.6. The van der Waals surface area contributed by atoms with Crippen molar-refractivity contribution in [1.82, 2.24) is 19.8 Å². The number of aryl methyl sites for hydroxylation is 1. The van der Waals surface area contributed by atoms with E-state index in [9.17, 15) is 8.42 Å². The molecule has 1 heterocycles. The van der Waals surface area contributed by atoms with E-state index in [-0.39, 0.29) is 10.9 Å². The highest BCUT2D eigenvalue weighted by molar-refractivity contribution is 7.90. The molecule has 2 aromatic carbocycles. The van der Waals surface area contributed by atoms with Crippen LogP contribution in [0.1, 0.15) is 49.1 Å². The van der Waals surface area contributed by atoms with E-state index in [1.807, 2.05) is 66.1 Å². The van der Waals surface area contributed by atoms with Gasteiger partial charge in [-0.25, -0.2) is 13.4 Å². The first kappa shape index (κ1) is 25.4. The minimum absolute atomic E-state index is 0.0811. The van der Waals surface area contributed by atoms with Crippen molar-refractivity contribution in [3.63, 3.8) is 0 Å². The van der Waals surface area contributed by atoms with Crippen LogP contribution in [-0.2, 0) is 28.7 Å². The molecule has 0 radical (unpaired) electrons. The lowest BCUT2D eigenvalue weighted by Gasteiger charge is -2.28. The summed E-state index contributed by atoms with van der Waals surface area (Å²) in [4.78, 5) is 6.59.